The fraction of sp³-hybridized carbons (Fsp3) is 0.455. The predicted molar refractivity (Wildman–Crippen MR) is 51.3 cm³/mol. The molecule has 0 aromatic heterocycles. The van der Waals surface area contributed by atoms with Crippen molar-refractivity contribution in [3.05, 3.63) is 35.1 Å². The van der Waals surface area contributed by atoms with E-state index in [0.29, 0.717) is 5.56 Å². The van der Waals surface area contributed by atoms with Crippen LogP contribution in [-0.4, -0.2) is 11.7 Å². The van der Waals surface area contributed by atoms with Crippen molar-refractivity contribution in [1.29, 1.82) is 0 Å². The third-order valence-corrected chi connectivity index (χ3v) is 2.37. The molecule has 2 heteroatoms. The van der Waals surface area contributed by atoms with Gasteiger partial charge < -0.3 is 5.11 Å². The summed E-state index contributed by atoms with van der Waals surface area (Å²) in [6.07, 6.45) is 0.877. The quantitative estimate of drug-likeness (QED) is 0.761. The fourth-order valence-electron chi connectivity index (χ4n) is 1.39. The second-order valence-electron chi connectivity index (χ2n) is 3.30. The maximum atomic E-state index is 12.9. The second kappa shape index (κ2) is 4.38. The molecule has 0 amide bonds. The summed E-state index contributed by atoms with van der Waals surface area (Å²) < 4.78 is 12.9. The smallest absolute Gasteiger partial charge is 0.126 e. The van der Waals surface area contributed by atoms with Crippen LogP contribution in [0, 0.1) is 12.7 Å². The molecule has 0 radical (unpaired) electrons. The van der Waals surface area contributed by atoms with E-state index in [-0.39, 0.29) is 18.3 Å². The van der Waals surface area contributed by atoms with Gasteiger partial charge in [0.05, 0.1) is 0 Å². The third-order valence-electron chi connectivity index (χ3n) is 2.37. The van der Waals surface area contributed by atoms with Gasteiger partial charge in [0.25, 0.3) is 0 Å². The van der Waals surface area contributed by atoms with E-state index in [1.54, 1.807) is 19.1 Å². The Kier molecular flexibility index (Phi) is 3.43. The average Bonchev–Trinajstić information content (AvgIpc) is 2.13. The van der Waals surface area contributed by atoms with E-state index in [2.05, 4.69) is 0 Å². The monoisotopic (exact) mass is 182 g/mol. The zero-order chi connectivity index (χ0) is 9.84. The summed E-state index contributed by atoms with van der Waals surface area (Å²) >= 11 is 0. The Hall–Kier alpha value is -0.890. The largest absolute Gasteiger partial charge is 0.396 e. The van der Waals surface area contributed by atoms with Crippen LogP contribution >= 0.6 is 0 Å². The molecule has 13 heavy (non-hydrogen) atoms. The summed E-state index contributed by atoms with van der Waals surface area (Å²) in [6, 6.07) is 5.01. The van der Waals surface area contributed by atoms with Crippen molar-refractivity contribution in [2.45, 2.75) is 26.2 Å². The molecule has 0 saturated heterocycles. The van der Waals surface area contributed by atoms with Gasteiger partial charge in [-0.05, 0) is 30.5 Å². The fourth-order valence-corrected chi connectivity index (χ4v) is 1.39. The van der Waals surface area contributed by atoms with Crippen molar-refractivity contribution in [1.82, 2.24) is 0 Å². The van der Waals surface area contributed by atoms with Crippen LogP contribution in [0.4, 0.5) is 4.39 Å². The molecule has 1 N–H and O–H groups in total. The van der Waals surface area contributed by atoms with Crippen molar-refractivity contribution >= 4 is 0 Å². The number of hydrogen-bond donors (Lipinski definition) is 1. The Labute approximate surface area is 78.2 Å². The standard InChI is InChI=1S/C11H15FO/c1-3-9(7-13)10-4-5-11(12)8(2)6-10/h4-6,9,13H,3,7H2,1-2H3. The van der Waals surface area contributed by atoms with Crippen LogP contribution in [0.2, 0.25) is 0 Å². The first-order chi connectivity index (χ1) is 6.19. The van der Waals surface area contributed by atoms with E-state index in [0.717, 1.165) is 12.0 Å². The Bertz CT molecular complexity index is 279. The van der Waals surface area contributed by atoms with Gasteiger partial charge in [0.1, 0.15) is 5.82 Å². The van der Waals surface area contributed by atoms with Gasteiger partial charge in [-0.2, -0.15) is 0 Å². The highest BCUT2D eigenvalue weighted by Gasteiger charge is 2.08. The first kappa shape index (κ1) is 10.2. The Morgan fingerprint density at radius 2 is 2.15 bits per heavy atom. The minimum absolute atomic E-state index is 0.127. The summed E-state index contributed by atoms with van der Waals surface area (Å²) in [7, 11) is 0. The second-order valence-corrected chi connectivity index (χ2v) is 3.30. The molecule has 1 atom stereocenters. The van der Waals surface area contributed by atoms with E-state index in [4.69, 9.17) is 5.11 Å². The molecule has 0 spiro atoms. The van der Waals surface area contributed by atoms with Crippen molar-refractivity contribution in [2.75, 3.05) is 6.61 Å². The zero-order valence-electron chi connectivity index (χ0n) is 8.05. The van der Waals surface area contributed by atoms with Crippen molar-refractivity contribution in [3.8, 4) is 0 Å². The molecule has 1 aromatic rings. The number of hydrogen-bond acceptors (Lipinski definition) is 1. The Balaban J connectivity index is 2.95. The molecule has 0 aliphatic rings. The van der Waals surface area contributed by atoms with Crippen LogP contribution in [0.15, 0.2) is 18.2 Å². The molecule has 0 bridgehead atoms. The summed E-state index contributed by atoms with van der Waals surface area (Å²) in [5, 5.41) is 9.05. The third kappa shape index (κ3) is 2.28. The highest BCUT2D eigenvalue weighted by atomic mass is 19.1. The number of aliphatic hydroxyl groups is 1. The maximum absolute atomic E-state index is 12.9. The number of aryl methyl sites for hydroxylation is 1. The van der Waals surface area contributed by atoms with E-state index in [1.165, 1.54) is 6.07 Å². The highest BCUT2D eigenvalue weighted by molar-refractivity contribution is 5.26. The Morgan fingerprint density at radius 3 is 2.62 bits per heavy atom. The van der Waals surface area contributed by atoms with Gasteiger partial charge >= 0.3 is 0 Å². The van der Waals surface area contributed by atoms with E-state index in [9.17, 15) is 4.39 Å². The number of benzene rings is 1. The van der Waals surface area contributed by atoms with Crippen LogP contribution in [0.5, 0.6) is 0 Å². The van der Waals surface area contributed by atoms with Crippen molar-refractivity contribution < 1.29 is 9.50 Å². The van der Waals surface area contributed by atoms with Gasteiger partial charge in [0, 0.05) is 12.5 Å². The normalized spacial score (nSPS) is 12.9. The van der Waals surface area contributed by atoms with Gasteiger partial charge in [-0.3, -0.25) is 0 Å². The molecule has 0 heterocycles. The molecule has 0 saturated carbocycles. The lowest BCUT2D eigenvalue weighted by molar-refractivity contribution is 0.262. The highest BCUT2D eigenvalue weighted by Crippen LogP contribution is 2.20. The number of aliphatic hydroxyl groups excluding tert-OH is 1. The van der Waals surface area contributed by atoms with Crippen LogP contribution in [0.25, 0.3) is 0 Å². The van der Waals surface area contributed by atoms with Gasteiger partial charge in [-0.25, -0.2) is 4.39 Å². The summed E-state index contributed by atoms with van der Waals surface area (Å²) in [6.45, 7) is 3.88. The van der Waals surface area contributed by atoms with Crippen molar-refractivity contribution in [2.24, 2.45) is 0 Å². The molecule has 0 fully saturated rings. The van der Waals surface area contributed by atoms with Gasteiger partial charge in [0.15, 0.2) is 0 Å². The minimum Gasteiger partial charge on any atom is -0.396 e. The molecule has 72 valence electrons. The topological polar surface area (TPSA) is 20.2 Å². The molecular weight excluding hydrogens is 167 g/mol. The van der Waals surface area contributed by atoms with Crippen molar-refractivity contribution in [3.63, 3.8) is 0 Å². The lowest BCUT2D eigenvalue weighted by atomic mass is 9.96. The molecule has 0 aliphatic heterocycles. The van der Waals surface area contributed by atoms with Crippen LogP contribution < -0.4 is 0 Å². The molecule has 1 rings (SSSR count). The first-order valence-electron chi connectivity index (χ1n) is 4.56. The molecule has 1 unspecified atom stereocenters. The zero-order valence-corrected chi connectivity index (χ0v) is 8.05. The van der Waals surface area contributed by atoms with Gasteiger partial charge in [0.2, 0.25) is 0 Å². The molecular formula is C11H15FO. The Morgan fingerprint density at radius 1 is 1.46 bits per heavy atom. The summed E-state index contributed by atoms with van der Waals surface area (Å²) in [5.41, 5.74) is 1.66. The lowest BCUT2D eigenvalue weighted by Gasteiger charge is -2.12. The van der Waals surface area contributed by atoms with Crippen LogP contribution in [-0.2, 0) is 0 Å². The van der Waals surface area contributed by atoms with Gasteiger partial charge in [-0.15, -0.1) is 0 Å². The van der Waals surface area contributed by atoms with E-state index in [1.807, 2.05) is 6.92 Å². The number of rotatable bonds is 3. The minimum atomic E-state index is -0.184. The molecule has 1 aromatic carbocycles. The molecule has 1 nitrogen and oxygen atoms in total. The molecule has 0 aliphatic carbocycles. The SMILES string of the molecule is CCC(CO)c1ccc(F)c(C)c1. The van der Waals surface area contributed by atoms with E-state index >= 15 is 0 Å². The van der Waals surface area contributed by atoms with Crippen LogP contribution in [0.3, 0.4) is 0 Å². The van der Waals surface area contributed by atoms with Crippen LogP contribution in [0.1, 0.15) is 30.4 Å². The summed E-state index contributed by atoms with van der Waals surface area (Å²) in [5.74, 6) is -0.0455. The summed E-state index contributed by atoms with van der Waals surface area (Å²) in [4.78, 5) is 0. The van der Waals surface area contributed by atoms with Gasteiger partial charge in [-0.1, -0.05) is 19.1 Å². The van der Waals surface area contributed by atoms with E-state index < -0.39 is 0 Å². The average molecular weight is 182 g/mol. The first-order valence-corrected chi connectivity index (χ1v) is 4.56. The predicted octanol–water partition coefficient (Wildman–Crippen LogP) is 2.62. The number of halogens is 1. The lowest BCUT2D eigenvalue weighted by Crippen LogP contribution is -2.03. The maximum Gasteiger partial charge on any atom is 0.126 e.